The van der Waals surface area contributed by atoms with Gasteiger partial charge in [-0.25, -0.2) is 8.42 Å². The molecule has 0 saturated carbocycles. The molecule has 5 nitrogen and oxygen atoms in total. The molecule has 1 aromatic carbocycles. The number of rotatable bonds is 5. The lowest BCUT2D eigenvalue weighted by atomic mass is 10.1. The van der Waals surface area contributed by atoms with Gasteiger partial charge in [0.15, 0.2) is 0 Å². The standard InChI is InChI=1S/C14H18N2O3S/c1-20(18,19)10-4-9-16-14(17)13-7-2-5-12(11-13)6-3-8-15/h2,5,7,11H,4,8-10,15H2,1H3,(H,16,17). The molecule has 0 bridgehead atoms. The fraction of sp³-hybridized carbons (Fsp3) is 0.357. The van der Waals surface area contributed by atoms with Crippen molar-refractivity contribution in [1.29, 1.82) is 0 Å². The van der Waals surface area contributed by atoms with Gasteiger partial charge >= 0.3 is 0 Å². The van der Waals surface area contributed by atoms with Crippen LogP contribution in [0.2, 0.25) is 0 Å². The lowest BCUT2D eigenvalue weighted by molar-refractivity contribution is 0.0953. The molecule has 0 aliphatic carbocycles. The smallest absolute Gasteiger partial charge is 0.251 e. The fourth-order valence-corrected chi connectivity index (χ4v) is 2.20. The Hall–Kier alpha value is -1.84. The summed E-state index contributed by atoms with van der Waals surface area (Å²) in [5.41, 5.74) is 6.50. The third kappa shape index (κ3) is 6.36. The molecule has 0 aromatic heterocycles. The predicted octanol–water partition coefficient (Wildman–Crippen LogP) is 0.161. The molecule has 108 valence electrons. The Kier molecular flexibility index (Phi) is 6.22. The largest absolute Gasteiger partial charge is 0.352 e. The lowest BCUT2D eigenvalue weighted by Crippen LogP contribution is -2.25. The molecule has 0 aliphatic heterocycles. The van der Waals surface area contributed by atoms with Gasteiger partial charge in [0.2, 0.25) is 0 Å². The van der Waals surface area contributed by atoms with E-state index in [-0.39, 0.29) is 18.2 Å². The zero-order valence-electron chi connectivity index (χ0n) is 11.3. The summed E-state index contributed by atoms with van der Waals surface area (Å²) in [6.07, 6.45) is 1.58. The first kappa shape index (κ1) is 16.2. The van der Waals surface area contributed by atoms with E-state index >= 15 is 0 Å². The number of carbonyl (C=O) groups excluding carboxylic acids is 1. The summed E-state index contributed by atoms with van der Waals surface area (Å²) < 4.78 is 21.9. The van der Waals surface area contributed by atoms with Crippen LogP contribution in [0.25, 0.3) is 0 Å². The maximum atomic E-state index is 11.9. The zero-order valence-corrected chi connectivity index (χ0v) is 12.2. The van der Waals surface area contributed by atoms with Gasteiger partial charge < -0.3 is 11.1 Å². The molecule has 1 aromatic rings. The van der Waals surface area contributed by atoms with E-state index in [1.807, 2.05) is 0 Å². The number of hydrogen-bond donors (Lipinski definition) is 2. The minimum atomic E-state index is -2.99. The molecule has 3 N–H and O–H groups in total. The van der Waals surface area contributed by atoms with Gasteiger partial charge in [-0.3, -0.25) is 4.79 Å². The van der Waals surface area contributed by atoms with Crippen molar-refractivity contribution >= 4 is 15.7 Å². The summed E-state index contributed by atoms with van der Waals surface area (Å²) in [5, 5.41) is 2.68. The molecule has 0 unspecified atom stereocenters. The number of carbonyl (C=O) groups is 1. The van der Waals surface area contributed by atoms with Gasteiger partial charge in [-0.1, -0.05) is 17.9 Å². The maximum Gasteiger partial charge on any atom is 0.251 e. The average Bonchev–Trinajstić information content (AvgIpc) is 2.40. The highest BCUT2D eigenvalue weighted by Gasteiger charge is 2.06. The van der Waals surface area contributed by atoms with Crippen molar-refractivity contribution in [3.8, 4) is 11.8 Å². The number of benzene rings is 1. The van der Waals surface area contributed by atoms with Crippen LogP contribution in [0, 0.1) is 11.8 Å². The van der Waals surface area contributed by atoms with Gasteiger partial charge in [0, 0.05) is 23.9 Å². The Balaban J connectivity index is 2.55. The van der Waals surface area contributed by atoms with E-state index in [9.17, 15) is 13.2 Å². The minimum Gasteiger partial charge on any atom is -0.352 e. The number of amides is 1. The lowest BCUT2D eigenvalue weighted by Gasteiger charge is -2.05. The second-order valence-electron chi connectivity index (χ2n) is 4.33. The minimum absolute atomic E-state index is 0.0648. The van der Waals surface area contributed by atoms with E-state index in [1.54, 1.807) is 24.3 Å². The molecule has 0 radical (unpaired) electrons. The summed E-state index contributed by atoms with van der Waals surface area (Å²) >= 11 is 0. The number of nitrogens with two attached hydrogens (primary N) is 1. The molecule has 1 amide bonds. The van der Waals surface area contributed by atoms with Crippen LogP contribution < -0.4 is 11.1 Å². The normalized spacial score (nSPS) is 10.5. The molecule has 20 heavy (non-hydrogen) atoms. The van der Waals surface area contributed by atoms with Crippen LogP contribution in [-0.4, -0.2) is 39.4 Å². The summed E-state index contributed by atoms with van der Waals surface area (Å²) in [7, 11) is -2.99. The highest BCUT2D eigenvalue weighted by atomic mass is 32.2. The molecular formula is C14H18N2O3S. The summed E-state index contributed by atoms with van der Waals surface area (Å²) in [6.45, 7) is 0.590. The molecule has 1 rings (SSSR count). The quantitative estimate of drug-likeness (QED) is 0.598. The van der Waals surface area contributed by atoms with Crippen molar-refractivity contribution < 1.29 is 13.2 Å². The van der Waals surface area contributed by atoms with Crippen LogP contribution >= 0.6 is 0 Å². The van der Waals surface area contributed by atoms with Crippen LogP contribution in [0.4, 0.5) is 0 Å². The Morgan fingerprint density at radius 1 is 1.40 bits per heavy atom. The molecule has 0 atom stereocenters. The van der Waals surface area contributed by atoms with Crippen LogP contribution in [-0.2, 0) is 9.84 Å². The van der Waals surface area contributed by atoms with E-state index < -0.39 is 9.84 Å². The first-order valence-electron chi connectivity index (χ1n) is 6.17. The predicted molar refractivity (Wildman–Crippen MR) is 79.0 cm³/mol. The van der Waals surface area contributed by atoms with Crippen molar-refractivity contribution in [2.45, 2.75) is 6.42 Å². The van der Waals surface area contributed by atoms with Crippen LogP contribution in [0.1, 0.15) is 22.3 Å². The SMILES string of the molecule is CS(=O)(=O)CCCNC(=O)c1cccc(C#CCN)c1. The monoisotopic (exact) mass is 294 g/mol. The van der Waals surface area contributed by atoms with Crippen LogP contribution in [0.15, 0.2) is 24.3 Å². The fourth-order valence-electron chi connectivity index (χ4n) is 1.53. The first-order chi connectivity index (χ1) is 9.42. The van der Waals surface area contributed by atoms with Crippen molar-refractivity contribution in [2.24, 2.45) is 5.73 Å². The van der Waals surface area contributed by atoms with Gasteiger partial charge in [-0.05, 0) is 24.6 Å². The maximum absolute atomic E-state index is 11.9. The van der Waals surface area contributed by atoms with Crippen molar-refractivity contribution in [3.05, 3.63) is 35.4 Å². The van der Waals surface area contributed by atoms with Gasteiger partial charge in [0.05, 0.1) is 12.3 Å². The Morgan fingerprint density at radius 3 is 2.80 bits per heavy atom. The summed E-state index contributed by atoms with van der Waals surface area (Å²) in [6, 6.07) is 6.89. The third-order valence-corrected chi connectivity index (χ3v) is 3.47. The Labute approximate surface area is 119 Å². The highest BCUT2D eigenvalue weighted by molar-refractivity contribution is 7.90. The van der Waals surface area contributed by atoms with Gasteiger partial charge in [-0.15, -0.1) is 0 Å². The van der Waals surface area contributed by atoms with Gasteiger partial charge in [-0.2, -0.15) is 0 Å². The van der Waals surface area contributed by atoms with E-state index in [4.69, 9.17) is 5.73 Å². The van der Waals surface area contributed by atoms with Crippen molar-refractivity contribution in [3.63, 3.8) is 0 Å². The van der Waals surface area contributed by atoms with E-state index in [0.29, 0.717) is 18.5 Å². The molecule has 0 spiro atoms. The van der Waals surface area contributed by atoms with Crippen molar-refractivity contribution in [2.75, 3.05) is 25.1 Å². The molecule has 0 heterocycles. The van der Waals surface area contributed by atoms with Crippen LogP contribution in [0.3, 0.4) is 0 Å². The van der Waals surface area contributed by atoms with Gasteiger partial charge in [0.25, 0.3) is 5.91 Å². The first-order valence-corrected chi connectivity index (χ1v) is 8.23. The molecule has 0 saturated heterocycles. The van der Waals surface area contributed by atoms with Crippen LogP contribution in [0.5, 0.6) is 0 Å². The number of hydrogen-bond acceptors (Lipinski definition) is 4. The van der Waals surface area contributed by atoms with E-state index in [2.05, 4.69) is 17.2 Å². The second-order valence-corrected chi connectivity index (χ2v) is 6.59. The van der Waals surface area contributed by atoms with Crippen molar-refractivity contribution in [1.82, 2.24) is 5.32 Å². The Bertz CT molecular complexity index is 627. The van der Waals surface area contributed by atoms with Gasteiger partial charge in [0.1, 0.15) is 9.84 Å². The molecular weight excluding hydrogens is 276 g/mol. The van der Waals surface area contributed by atoms with E-state index in [1.165, 1.54) is 6.26 Å². The molecule has 6 heteroatoms. The third-order valence-electron chi connectivity index (χ3n) is 2.44. The number of sulfone groups is 1. The summed E-state index contributed by atoms with van der Waals surface area (Å²) in [4.78, 5) is 11.9. The zero-order chi connectivity index (χ0) is 15.0. The highest BCUT2D eigenvalue weighted by Crippen LogP contribution is 2.04. The molecule has 0 fully saturated rings. The van der Waals surface area contributed by atoms with E-state index in [0.717, 1.165) is 5.56 Å². The topological polar surface area (TPSA) is 89.3 Å². The Morgan fingerprint density at radius 2 is 2.15 bits per heavy atom. The number of nitrogens with one attached hydrogen (secondary N) is 1. The second kappa shape index (κ2) is 7.68. The molecule has 0 aliphatic rings. The average molecular weight is 294 g/mol. The summed E-state index contributed by atoms with van der Waals surface area (Å²) in [5.74, 6) is 5.40.